The van der Waals surface area contributed by atoms with Gasteiger partial charge in [-0.1, -0.05) is 6.07 Å². The van der Waals surface area contributed by atoms with Crippen LogP contribution in [0, 0.1) is 13.5 Å². The van der Waals surface area contributed by atoms with E-state index >= 15 is 0 Å². The molecular weight excluding hydrogens is 240 g/mol. The van der Waals surface area contributed by atoms with E-state index in [1.165, 1.54) is 0 Å². The summed E-state index contributed by atoms with van der Waals surface area (Å²) < 4.78 is 4.84. The van der Waals surface area contributed by atoms with E-state index in [2.05, 4.69) is 4.85 Å². The number of ether oxygens (including phenoxy) is 1. The molecular formula is C15H18N2O2. The monoisotopic (exact) mass is 258 g/mol. The number of anilines is 1. The lowest BCUT2D eigenvalue weighted by Crippen LogP contribution is -2.09. The number of nitrogens with zero attached hydrogens (tertiary/aromatic N) is 2. The fraction of sp³-hybridized carbons (Fsp3) is 0.333. The summed E-state index contributed by atoms with van der Waals surface area (Å²) in [4.78, 5) is 16.8. The van der Waals surface area contributed by atoms with Crippen LogP contribution in [0.5, 0.6) is 0 Å². The van der Waals surface area contributed by atoms with Gasteiger partial charge in [-0.2, -0.15) is 0 Å². The molecule has 0 aromatic heterocycles. The predicted molar refractivity (Wildman–Crippen MR) is 76.7 cm³/mol. The Morgan fingerprint density at radius 1 is 1.47 bits per heavy atom. The third-order valence-corrected chi connectivity index (χ3v) is 2.67. The zero-order valence-electron chi connectivity index (χ0n) is 11.7. The molecule has 0 bridgehead atoms. The average Bonchev–Trinajstić information content (AvgIpc) is 2.37. The van der Waals surface area contributed by atoms with Gasteiger partial charge in [0.15, 0.2) is 0 Å². The highest BCUT2D eigenvalue weighted by atomic mass is 16.5. The quantitative estimate of drug-likeness (QED) is 0.473. The van der Waals surface area contributed by atoms with Crippen molar-refractivity contribution in [2.24, 2.45) is 0 Å². The van der Waals surface area contributed by atoms with E-state index < -0.39 is 5.97 Å². The molecule has 1 aromatic carbocycles. The molecule has 0 aliphatic rings. The molecule has 0 heterocycles. The van der Waals surface area contributed by atoms with Crippen molar-refractivity contribution in [3.63, 3.8) is 0 Å². The predicted octanol–water partition coefficient (Wildman–Crippen LogP) is 2.88. The van der Waals surface area contributed by atoms with Crippen molar-refractivity contribution in [2.75, 3.05) is 25.6 Å². The molecule has 100 valence electrons. The lowest BCUT2D eigenvalue weighted by molar-refractivity contribution is -0.138. The Kier molecular flexibility index (Phi) is 5.13. The molecule has 0 spiro atoms. The van der Waals surface area contributed by atoms with E-state index in [1.807, 2.05) is 44.1 Å². The third kappa shape index (κ3) is 3.85. The van der Waals surface area contributed by atoms with Crippen molar-refractivity contribution < 1.29 is 9.53 Å². The molecule has 0 radical (unpaired) electrons. The molecule has 1 rings (SSSR count). The molecule has 0 amide bonds. The van der Waals surface area contributed by atoms with Crippen molar-refractivity contribution in [3.05, 3.63) is 46.4 Å². The standard InChI is InChI=1S/C15H18N2O2/c1-6-19-15(18)14(16-3)10-12-7-8-13(17(4)5)9-11(12)2/h7-10H,6H2,1-2,4-5H3/b14-10+. The number of carbonyl (C=O) groups is 1. The molecule has 4 heteroatoms. The van der Waals surface area contributed by atoms with Crippen LogP contribution in [0.2, 0.25) is 0 Å². The van der Waals surface area contributed by atoms with Gasteiger partial charge in [-0.15, -0.1) is 0 Å². The van der Waals surface area contributed by atoms with Crippen molar-refractivity contribution in [1.82, 2.24) is 0 Å². The highest BCUT2D eigenvalue weighted by molar-refractivity contribution is 5.95. The van der Waals surface area contributed by atoms with Gasteiger partial charge in [0, 0.05) is 19.8 Å². The van der Waals surface area contributed by atoms with Gasteiger partial charge in [0.05, 0.1) is 13.2 Å². The summed E-state index contributed by atoms with van der Waals surface area (Å²) in [7, 11) is 3.93. The minimum absolute atomic E-state index is 0.00236. The van der Waals surface area contributed by atoms with Gasteiger partial charge in [-0.05, 0) is 43.2 Å². The molecule has 0 aliphatic heterocycles. The van der Waals surface area contributed by atoms with E-state index in [-0.39, 0.29) is 12.3 Å². The maximum atomic E-state index is 11.6. The normalized spacial score (nSPS) is 10.8. The first-order chi connectivity index (χ1) is 8.99. The van der Waals surface area contributed by atoms with Gasteiger partial charge in [-0.25, -0.2) is 4.85 Å². The minimum atomic E-state index is -0.575. The zero-order chi connectivity index (χ0) is 14.4. The third-order valence-electron chi connectivity index (χ3n) is 2.67. The van der Waals surface area contributed by atoms with Crippen LogP contribution >= 0.6 is 0 Å². The van der Waals surface area contributed by atoms with Crippen LogP contribution in [-0.4, -0.2) is 26.7 Å². The molecule has 1 aromatic rings. The second-order valence-corrected chi connectivity index (χ2v) is 4.30. The van der Waals surface area contributed by atoms with Gasteiger partial charge < -0.3 is 9.64 Å². The molecule has 0 saturated carbocycles. The van der Waals surface area contributed by atoms with Crippen LogP contribution in [0.3, 0.4) is 0 Å². The van der Waals surface area contributed by atoms with Crippen LogP contribution in [0.25, 0.3) is 10.9 Å². The molecule has 0 fully saturated rings. The summed E-state index contributed by atoms with van der Waals surface area (Å²) in [6.07, 6.45) is 1.57. The molecule has 0 unspecified atom stereocenters. The number of hydrogen-bond acceptors (Lipinski definition) is 3. The van der Waals surface area contributed by atoms with Crippen LogP contribution in [-0.2, 0) is 9.53 Å². The van der Waals surface area contributed by atoms with Gasteiger partial charge in [0.25, 0.3) is 5.70 Å². The first-order valence-corrected chi connectivity index (χ1v) is 6.03. The van der Waals surface area contributed by atoms with E-state index in [4.69, 9.17) is 11.3 Å². The van der Waals surface area contributed by atoms with Crippen LogP contribution in [0.15, 0.2) is 23.9 Å². The first kappa shape index (κ1) is 14.8. The first-order valence-electron chi connectivity index (χ1n) is 6.03. The Hall–Kier alpha value is -2.28. The van der Waals surface area contributed by atoms with E-state index in [0.717, 1.165) is 16.8 Å². The fourth-order valence-corrected chi connectivity index (χ4v) is 1.59. The van der Waals surface area contributed by atoms with Crippen molar-refractivity contribution in [1.29, 1.82) is 0 Å². The topological polar surface area (TPSA) is 33.9 Å². The van der Waals surface area contributed by atoms with Crippen LogP contribution < -0.4 is 4.90 Å². The summed E-state index contributed by atoms with van der Waals surface area (Å²) in [5.41, 5.74) is 2.94. The second kappa shape index (κ2) is 6.60. The van der Waals surface area contributed by atoms with Crippen molar-refractivity contribution >= 4 is 17.7 Å². The number of rotatable bonds is 4. The smallest absolute Gasteiger partial charge is 0.336 e. The van der Waals surface area contributed by atoms with E-state index in [0.29, 0.717) is 0 Å². The Morgan fingerprint density at radius 2 is 2.16 bits per heavy atom. The Balaban J connectivity index is 3.10. The summed E-state index contributed by atoms with van der Waals surface area (Å²) >= 11 is 0. The number of aryl methyl sites for hydroxylation is 1. The highest BCUT2D eigenvalue weighted by Crippen LogP contribution is 2.20. The lowest BCUT2D eigenvalue weighted by atomic mass is 10.1. The number of esters is 1. The summed E-state index contributed by atoms with van der Waals surface area (Å²) in [6, 6.07) is 5.86. The van der Waals surface area contributed by atoms with E-state index in [9.17, 15) is 4.79 Å². The minimum Gasteiger partial charge on any atom is -0.471 e. The zero-order valence-corrected chi connectivity index (χ0v) is 11.7. The van der Waals surface area contributed by atoms with Crippen molar-refractivity contribution in [3.8, 4) is 0 Å². The maximum Gasteiger partial charge on any atom is 0.336 e. The number of benzene rings is 1. The Morgan fingerprint density at radius 3 is 2.63 bits per heavy atom. The second-order valence-electron chi connectivity index (χ2n) is 4.30. The molecule has 4 nitrogen and oxygen atoms in total. The molecule has 0 saturated heterocycles. The highest BCUT2D eigenvalue weighted by Gasteiger charge is 2.11. The lowest BCUT2D eigenvalue weighted by Gasteiger charge is -2.14. The molecule has 0 aliphatic carbocycles. The number of carbonyl (C=O) groups excluding carboxylic acids is 1. The number of hydrogen-bond donors (Lipinski definition) is 0. The maximum absolute atomic E-state index is 11.6. The van der Waals surface area contributed by atoms with E-state index in [1.54, 1.807) is 13.0 Å². The van der Waals surface area contributed by atoms with Gasteiger partial charge in [-0.3, -0.25) is 4.79 Å². The molecule has 0 atom stereocenters. The fourth-order valence-electron chi connectivity index (χ4n) is 1.59. The molecule has 19 heavy (non-hydrogen) atoms. The van der Waals surface area contributed by atoms with Crippen LogP contribution in [0.1, 0.15) is 18.1 Å². The largest absolute Gasteiger partial charge is 0.471 e. The van der Waals surface area contributed by atoms with Crippen LogP contribution in [0.4, 0.5) is 5.69 Å². The van der Waals surface area contributed by atoms with Crippen molar-refractivity contribution in [2.45, 2.75) is 13.8 Å². The van der Waals surface area contributed by atoms with Gasteiger partial charge in [0.1, 0.15) is 0 Å². The summed E-state index contributed by atoms with van der Waals surface area (Å²) in [5, 5.41) is 0. The van der Waals surface area contributed by atoms with Gasteiger partial charge >= 0.3 is 5.97 Å². The summed E-state index contributed by atoms with van der Waals surface area (Å²) in [6.45, 7) is 11.0. The van der Waals surface area contributed by atoms with Gasteiger partial charge in [0.2, 0.25) is 0 Å². The average molecular weight is 258 g/mol. The Labute approximate surface area is 114 Å². The molecule has 0 N–H and O–H groups in total. The Bertz CT molecular complexity index is 540. The SMILES string of the molecule is [C-]#[N+]/C(=C/c1ccc(N(C)C)cc1C)C(=O)OCC. The summed E-state index contributed by atoms with van der Waals surface area (Å²) in [5.74, 6) is -0.575.